The summed E-state index contributed by atoms with van der Waals surface area (Å²) < 4.78 is 32.0. The Morgan fingerprint density at radius 2 is 1.46 bits per heavy atom. The fraction of sp³-hybridized carbons (Fsp3) is 0.241. The minimum Gasteiger partial charge on any atom is -0.497 e. The Bertz CT molecular complexity index is 1380. The van der Waals surface area contributed by atoms with Gasteiger partial charge in [-0.3, -0.25) is 9.59 Å². The lowest BCUT2D eigenvalue weighted by atomic mass is 10.1. The van der Waals surface area contributed by atoms with Crippen LogP contribution < -0.4 is 39.2 Å². The summed E-state index contributed by atoms with van der Waals surface area (Å²) >= 11 is 0. The first-order valence-electron chi connectivity index (χ1n) is 12.4. The van der Waals surface area contributed by atoms with E-state index in [1.807, 2.05) is 0 Å². The number of hydrazone groups is 1. The summed E-state index contributed by atoms with van der Waals surface area (Å²) in [5.74, 6) is 0.476. The molecule has 0 aliphatic rings. The van der Waals surface area contributed by atoms with Crippen molar-refractivity contribution in [1.29, 1.82) is 0 Å². The number of rotatable bonds is 13. The quantitative estimate of drug-likeness (QED) is 0.138. The van der Waals surface area contributed by atoms with Gasteiger partial charge in [0.05, 0.1) is 53.4 Å². The molecule has 0 aliphatic heterocycles. The third-order valence-corrected chi connectivity index (χ3v) is 5.54. The molecule has 12 nitrogen and oxygen atoms in total. The van der Waals surface area contributed by atoms with Crippen LogP contribution in [0.1, 0.15) is 33.2 Å². The second-order valence-electron chi connectivity index (χ2n) is 8.15. The lowest BCUT2D eigenvalue weighted by Crippen LogP contribution is -2.34. The lowest BCUT2D eigenvalue weighted by molar-refractivity contribution is -0.120. The molecule has 0 saturated carbocycles. The minimum atomic E-state index is -0.559. The first-order chi connectivity index (χ1) is 19.8. The fourth-order valence-electron chi connectivity index (χ4n) is 3.54. The van der Waals surface area contributed by atoms with Crippen molar-refractivity contribution < 1.29 is 42.8 Å². The number of esters is 1. The molecule has 0 bridgehead atoms. The second kappa shape index (κ2) is 14.8. The molecule has 0 saturated heterocycles. The molecule has 3 aromatic carbocycles. The van der Waals surface area contributed by atoms with Gasteiger partial charge in [0, 0.05) is 5.56 Å². The largest absolute Gasteiger partial charge is 0.497 e. The Hall–Kier alpha value is -5.26. The maximum absolute atomic E-state index is 12.6. The molecule has 12 heteroatoms. The third-order valence-electron chi connectivity index (χ3n) is 5.54. The van der Waals surface area contributed by atoms with Gasteiger partial charge in [0.1, 0.15) is 5.75 Å². The molecule has 0 aromatic heterocycles. The van der Waals surface area contributed by atoms with E-state index in [9.17, 15) is 14.4 Å². The highest BCUT2D eigenvalue weighted by atomic mass is 16.6. The standard InChI is InChI=1S/C29H31N3O9/c1-6-40-23-13-18(7-12-22(23)41-29(35)19-8-10-21(36-2)11-9-19)16-31-32-26(33)17-30-28(34)20-14-24(37-3)27(39-5)25(15-20)38-4/h7-16H,6,17H2,1-5H3,(H,30,34)(H,32,33)/b31-16+. The van der Waals surface area contributed by atoms with E-state index in [1.54, 1.807) is 49.4 Å². The molecule has 3 rings (SSSR count). The van der Waals surface area contributed by atoms with Crippen molar-refractivity contribution in [2.24, 2.45) is 5.10 Å². The van der Waals surface area contributed by atoms with E-state index >= 15 is 0 Å². The Morgan fingerprint density at radius 1 is 0.780 bits per heavy atom. The van der Waals surface area contributed by atoms with E-state index in [0.717, 1.165) is 0 Å². The lowest BCUT2D eigenvalue weighted by Gasteiger charge is -2.14. The summed E-state index contributed by atoms with van der Waals surface area (Å²) in [5, 5.41) is 6.42. The van der Waals surface area contributed by atoms with Crippen LogP contribution in [-0.2, 0) is 4.79 Å². The van der Waals surface area contributed by atoms with E-state index in [-0.39, 0.29) is 17.9 Å². The molecule has 0 heterocycles. The highest BCUT2D eigenvalue weighted by Gasteiger charge is 2.18. The van der Waals surface area contributed by atoms with Crippen molar-refractivity contribution in [2.45, 2.75) is 6.92 Å². The van der Waals surface area contributed by atoms with E-state index in [4.69, 9.17) is 28.4 Å². The third kappa shape index (κ3) is 8.12. The number of carbonyl (C=O) groups is 3. The van der Waals surface area contributed by atoms with Crippen molar-refractivity contribution in [3.8, 4) is 34.5 Å². The number of nitrogens with one attached hydrogen (secondary N) is 2. The molecular formula is C29H31N3O9. The molecule has 0 unspecified atom stereocenters. The highest BCUT2D eigenvalue weighted by molar-refractivity contribution is 5.97. The summed E-state index contributed by atoms with van der Waals surface area (Å²) in [6.07, 6.45) is 1.39. The van der Waals surface area contributed by atoms with Gasteiger partial charge in [-0.1, -0.05) is 0 Å². The molecule has 3 aromatic rings. The fourth-order valence-corrected chi connectivity index (χ4v) is 3.54. The number of amides is 2. The summed E-state index contributed by atoms with van der Waals surface area (Å²) in [4.78, 5) is 37.4. The van der Waals surface area contributed by atoms with Crippen LogP contribution in [0, 0.1) is 0 Å². The number of hydrogen-bond acceptors (Lipinski definition) is 10. The number of nitrogens with zero attached hydrogens (tertiary/aromatic N) is 1. The van der Waals surface area contributed by atoms with E-state index in [1.165, 1.54) is 46.8 Å². The molecule has 0 fully saturated rings. The van der Waals surface area contributed by atoms with Gasteiger partial charge in [-0.05, 0) is 67.1 Å². The van der Waals surface area contributed by atoms with E-state index in [2.05, 4.69) is 15.8 Å². The smallest absolute Gasteiger partial charge is 0.343 e. The molecule has 0 atom stereocenters. The van der Waals surface area contributed by atoms with Crippen molar-refractivity contribution >= 4 is 24.0 Å². The Morgan fingerprint density at radius 3 is 2.05 bits per heavy atom. The Kier molecular flexibility index (Phi) is 10.9. The van der Waals surface area contributed by atoms with Crippen LogP contribution >= 0.6 is 0 Å². The molecule has 0 aliphatic carbocycles. The van der Waals surface area contributed by atoms with Gasteiger partial charge in [0.25, 0.3) is 11.8 Å². The zero-order valence-corrected chi connectivity index (χ0v) is 23.3. The maximum atomic E-state index is 12.6. The zero-order chi connectivity index (χ0) is 29.8. The molecular weight excluding hydrogens is 534 g/mol. The molecule has 2 amide bonds. The van der Waals surface area contributed by atoms with Crippen molar-refractivity contribution in [3.05, 3.63) is 71.3 Å². The van der Waals surface area contributed by atoms with Gasteiger partial charge in [-0.15, -0.1) is 0 Å². The number of ether oxygens (including phenoxy) is 6. The van der Waals surface area contributed by atoms with Gasteiger partial charge in [-0.2, -0.15) is 5.10 Å². The van der Waals surface area contributed by atoms with Crippen molar-refractivity contribution in [2.75, 3.05) is 41.6 Å². The molecule has 41 heavy (non-hydrogen) atoms. The van der Waals surface area contributed by atoms with Crippen LogP contribution in [0.25, 0.3) is 0 Å². The van der Waals surface area contributed by atoms with Crippen LogP contribution in [0.15, 0.2) is 59.7 Å². The van der Waals surface area contributed by atoms with Crippen LogP contribution in [0.2, 0.25) is 0 Å². The Labute approximate surface area is 237 Å². The SMILES string of the molecule is CCOc1cc(/C=N/NC(=O)CNC(=O)c2cc(OC)c(OC)c(OC)c2)ccc1OC(=O)c1ccc(OC)cc1. The van der Waals surface area contributed by atoms with Gasteiger partial charge in [0.2, 0.25) is 5.75 Å². The highest BCUT2D eigenvalue weighted by Crippen LogP contribution is 2.38. The average molecular weight is 566 g/mol. The van der Waals surface area contributed by atoms with Gasteiger partial charge < -0.3 is 33.7 Å². The van der Waals surface area contributed by atoms with E-state index in [0.29, 0.717) is 46.5 Å². The second-order valence-corrected chi connectivity index (χ2v) is 8.15. The minimum absolute atomic E-state index is 0.215. The molecule has 216 valence electrons. The number of benzene rings is 3. The van der Waals surface area contributed by atoms with Gasteiger partial charge >= 0.3 is 5.97 Å². The average Bonchev–Trinajstić information content (AvgIpc) is 3.00. The monoisotopic (exact) mass is 565 g/mol. The van der Waals surface area contributed by atoms with E-state index < -0.39 is 17.8 Å². The zero-order valence-electron chi connectivity index (χ0n) is 23.3. The van der Waals surface area contributed by atoms with Crippen molar-refractivity contribution in [1.82, 2.24) is 10.7 Å². The summed E-state index contributed by atoms with van der Waals surface area (Å²) in [7, 11) is 5.86. The number of carbonyl (C=O) groups excluding carboxylic acids is 3. The Balaban J connectivity index is 1.59. The first-order valence-corrected chi connectivity index (χ1v) is 12.4. The van der Waals surface area contributed by atoms with Crippen LogP contribution in [0.4, 0.5) is 0 Å². The van der Waals surface area contributed by atoms with Crippen LogP contribution in [0.3, 0.4) is 0 Å². The van der Waals surface area contributed by atoms with Crippen LogP contribution in [-0.4, -0.2) is 65.6 Å². The summed E-state index contributed by atoms with van der Waals surface area (Å²) in [5.41, 5.74) is 3.47. The molecule has 0 spiro atoms. The number of methoxy groups -OCH3 is 4. The molecule has 0 radical (unpaired) electrons. The topological polar surface area (TPSA) is 143 Å². The number of hydrogen-bond donors (Lipinski definition) is 2. The maximum Gasteiger partial charge on any atom is 0.343 e. The summed E-state index contributed by atoms with van der Waals surface area (Å²) in [6.45, 7) is 1.79. The predicted octanol–water partition coefficient (Wildman–Crippen LogP) is 3.22. The normalized spacial score (nSPS) is 10.5. The van der Waals surface area contributed by atoms with Gasteiger partial charge in [-0.25, -0.2) is 10.2 Å². The summed E-state index contributed by atoms with van der Waals surface area (Å²) in [6, 6.07) is 14.3. The van der Waals surface area contributed by atoms with Crippen LogP contribution in [0.5, 0.6) is 34.5 Å². The molecule has 2 N–H and O–H groups in total. The first kappa shape index (κ1) is 30.3. The predicted molar refractivity (Wildman–Crippen MR) is 150 cm³/mol. The van der Waals surface area contributed by atoms with Gasteiger partial charge in [0.15, 0.2) is 23.0 Å². The van der Waals surface area contributed by atoms with Crippen molar-refractivity contribution in [3.63, 3.8) is 0 Å².